The first kappa shape index (κ1) is 23.9. The summed E-state index contributed by atoms with van der Waals surface area (Å²) in [5, 5.41) is 2.85. The van der Waals surface area contributed by atoms with Crippen LogP contribution in [-0.4, -0.2) is 67.9 Å². The van der Waals surface area contributed by atoms with Crippen molar-refractivity contribution in [2.45, 2.75) is 62.1 Å². The molecular weight excluding hydrogens is 440 g/mol. The molecule has 4 rings (SSSR count). The molecule has 2 unspecified atom stereocenters. The lowest BCUT2D eigenvalue weighted by Crippen LogP contribution is -2.74. The zero-order valence-corrected chi connectivity index (χ0v) is 20.7. The van der Waals surface area contributed by atoms with Gasteiger partial charge in [-0.3, -0.25) is 4.79 Å². The third-order valence-electron chi connectivity index (χ3n) is 7.47. The van der Waals surface area contributed by atoms with E-state index in [0.717, 1.165) is 11.1 Å². The molecule has 9 heteroatoms. The summed E-state index contributed by atoms with van der Waals surface area (Å²) in [4.78, 5) is 41.5. The summed E-state index contributed by atoms with van der Waals surface area (Å²) in [5.74, 6) is 0.241. The molecule has 1 heterocycles. The molecule has 1 saturated carbocycles. The molecule has 0 radical (unpaired) electrons. The van der Waals surface area contributed by atoms with Gasteiger partial charge in [0.05, 0.1) is 21.3 Å². The summed E-state index contributed by atoms with van der Waals surface area (Å²) in [7, 11) is 6.04. The quantitative estimate of drug-likeness (QED) is 0.672. The number of likely N-dealkylation sites (N-methyl/N-ethyl adjacent to an activating group) is 1. The predicted molar refractivity (Wildman–Crippen MR) is 124 cm³/mol. The Bertz CT molecular complexity index is 1090. The standard InChI is InChI=1S/C25H32N2O7/c1-22(2,3)34-21(30)26-24(20(29)33-7)13-12-23-14-17(28)27(4)25(23,24)11-10-15-8-9-16(31-5)19(32-6)18(15)23/h8-11H,12-14H2,1-7H3,(H,26,30)/t23-,24?,25?/m1/s1. The second kappa shape index (κ2) is 7.65. The number of rotatable bonds is 4. The van der Waals surface area contributed by atoms with Crippen molar-refractivity contribution in [2.24, 2.45) is 0 Å². The molecule has 1 N–H and O–H groups in total. The van der Waals surface area contributed by atoms with Gasteiger partial charge >= 0.3 is 12.1 Å². The highest BCUT2D eigenvalue weighted by Gasteiger charge is 2.79. The number of carbonyl (C=O) groups excluding carboxylic acids is 3. The van der Waals surface area contributed by atoms with E-state index in [9.17, 15) is 14.4 Å². The van der Waals surface area contributed by atoms with Gasteiger partial charge in [-0.15, -0.1) is 0 Å². The van der Waals surface area contributed by atoms with Crippen LogP contribution in [0.25, 0.3) is 6.08 Å². The zero-order valence-electron chi connectivity index (χ0n) is 20.7. The predicted octanol–water partition coefficient (Wildman–Crippen LogP) is 2.80. The summed E-state index contributed by atoms with van der Waals surface area (Å²) in [5.41, 5.74) is -2.81. The van der Waals surface area contributed by atoms with Crippen molar-refractivity contribution in [1.29, 1.82) is 0 Å². The van der Waals surface area contributed by atoms with Crippen LogP contribution in [-0.2, 0) is 24.5 Å². The molecule has 3 atom stereocenters. The van der Waals surface area contributed by atoms with E-state index in [1.54, 1.807) is 46.9 Å². The van der Waals surface area contributed by atoms with Gasteiger partial charge in [-0.25, -0.2) is 9.59 Å². The molecule has 0 aromatic heterocycles. The van der Waals surface area contributed by atoms with E-state index in [2.05, 4.69) is 5.32 Å². The number of ether oxygens (including phenoxy) is 4. The van der Waals surface area contributed by atoms with E-state index >= 15 is 0 Å². The summed E-state index contributed by atoms with van der Waals surface area (Å²) in [6.45, 7) is 5.23. The number of likely N-dealkylation sites (tertiary alicyclic amines) is 1. The summed E-state index contributed by atoms with van der Waals surface area (Å²) in [6.07, 6.45) is 3.76. The van der Waals surface area contributed by atoms with Gasteiger partial charge in [-0.1, -0.05) is 18.2 Å². The Morgan fingerprint density at radius 3 is 2.38 bits per heavy atom. The Hall–Kier alpha value is -3.23. The normalized spacial score (nSPS) is 29.1. The Labute approximate surface area is 199 Å². The molecule has 0 bridgehead atoms. The van der Waals surface area contributed by atoms with Crippen molar-refractivity contribution in [3.05, 3.63) is 29.3 Å². The second-order valence-electron chi connectivity index (χ2n) is 10.1. The number of nitrogens with one attached hydrogen (secondary N) is 1. The van der Waals surface area contributed by atoms with E-state index in [-0.39, 0.29) is 18.7 Å². The van der Waals surface area contributed by atoms with Gasteiger partial charge in [0.25, 0.3) is 0 Å². The minimum absolute atomic E-state index is 0.138. The highest BCUT2D eigenvalue weighted by atomic mass is 16.6. The van der Waals surface area contributed by atoms with Crippen LogP contribution in [0.3, 0.4) is 0 Å². The lowest BCUT2D eigenvalue weighted by Gasteiger charge is -2.52. The third kappa shape index (κ3) is 2.88. The van der Waals surface area contributed by atoms with E-state index in [1.165, 1.54) is 7.11 Å². The molecule has 184 valence electrons. The fourth-order valence-corrected chi connectivity index (χ4v) is 6.32. The van der Waals surface area contributed by atoms with Gasteiger partial charge in [0.1, 0.15) is 11.1 Å². The number of nitrogens with zero attached hydrogens (tertiary/aromatic N) is 1. The maximum Gasteiger partial charge on any atom is 0.408 e. The maximum absolute atomic E-state index is 13.5. The molecular formula is C25H32N2O7. The highest BCUT2D eigenvalue weighted by molar-refractivity contribution is 5.97. The van der Waals surface area contributed by atoms with Crippen LogP contribution in [0.2, 0.25) is 0 Å². The SMILES string of the molecule is COC(=O)C1(NC(=O)OC(C)(C)C)CC[C@]23CC(=O)N(C)C12C=Cc1ccc(OC)c(OC)c13. The number of hydrogen-bond acceptors (Lipinski definition) is 7. The van der Waals surface area contributed by atoms with Crippen LogP contribution in [0.4, 0.5) is 4.79 Å². The van der Waals surface area contributed by atoms with E-state index in [4.69, 9.17) is 18.9 Å². The fourth-order valence-electron chi connectivity index (χ4n) is 6.32. The highest BCUT2D eigenvalue weighted by Crippen LogP contribution is 2.67. The number of alkyl carbamates (subject to hydrolysis) is 1. The Morgan fingerprint density at radius 1 is 1.09 bits per heavy atom. The number of benzene rings is 1. The Morgan fingerprint density at radius 2 is 1.79 bits per heavy atom. The minimum atomic E-state index is -1.58. The molecule has 34 heavy (non-hydrogen) atoms. The second-order valence-corrected chi connectivity index (χ2v) is 10.1. The van der Waals surface area contributed by atoms with Crippen LogP contribution in [0.5, 0.6) is 11.5 Å². The molecule has 2 aliphatic carbocycles. The maximum atomic E-state index is 13.5. The Balaban J connectivity index is 2.00. The number of amides is 2. The van der Waals surface area contributed by atoms with Crippen LogP contribution in [0.15, 0.2) is 18.2 Å². The summed E-state index contributed by atoms with van der Waals surface area (Å²) < 4.78 is 22.1. The first-order chi connectivity index (χ1) is 15.9. The van der Waals surface area contributed by atoms with Gasteiger partial charge in [-0.05, 0) is 45.2 Å². The minimum Gasteiger partial charge on any atom is -0.493 e. The van der Waals surface area contributed by atoms with E-state index in [0.29, 0.717) is 17.9 Å². The van der Waals surface area contributed by atoms with Gasteiger partial charge in [0.2, 0.25) is 5.91 Å². The lowest BCUT2D eigenvalue weighted by atomic mass is 9.59. The van der Waals surface area contributed by atoms with Crippen LogP contribution < -0.4 is 14.8 Å². The van der Waals surface area contributed by atoms with Gasteiger partial charge in [-0.2, -0.15) is 0 Å². The van der Waals surface area contributed by atoms with E-state index < -0.39 is 34.2 Å². The molecule has 3 aliphatic rings. The van der Waals surface area contributed by atoms with Gasteiger partial charge < -0.3 is 29.2 Å². The van der Waals surface area contributed by atoms with Crippen LogP contribution >= 0.6 is 0 Å². The van der Waals surface area contributed by atoms with Crippen molar-refractivity contribution < 1.29 is 33.3 Å². The molecule has 9 nitrogen and oxygen atoms in total. The number of hydrogen-bond donors (Lipinski definition) is 1. The average Bonchev–Trinajstić information content (AvgIpc) is 3.19. The lowest BCUT2D eigenvalue weighted by molar-refractivity contribution is -0.154. The topological polar surface area (TPSA) is 103 Å². The molecule has 1 aliphatic heterocycles. The van der Waals surface area contributed by atoms with Crippen LogP contribution in [0.1, 0.15) is 51.2 Å². The van der Waals surface area contributed by atoms with Crippen LogP contribution in [0, 0.1) is 0 Å². The van der Waals surface area contributed by atoms with Crippen molar-refractivity contribution in [1.82, 2.24) is 10.2 Å². The van der Waals surface area contributed by atoms with E-state index in [1.807, 2.05) is 24.3 Å². The number of methoxy groups -OCH3 is 3. The van der Waals surface area contributed by atoms with Crippen molar-refractivity contribution in [3.8, 4) is 11.5 Å². The number of carbonyl (C=O) groups is 3. The fraction of sp³-hybridized carbons (Fsp3) is 0.560. The summed E-state index contributed by atoms with van der Waals surface area (Å²) in [6, 6.07) is 3.72. The van der Waals surface area contributed by atoms with Gasteiger partial charge in [0.15, 0.2) is 17.0 Å². The molecule has 1 aromatic carbocycles. The molecule has 2 fully saturated rings. The van der Waals surface area contributed by atoms with Crippen molar-refractivity contribution in [2.75, 3.05) is 28.4 Å². The average molecular weight is 473 g/mol. The Kier molecular flexibility index (Phi) is 5.38. The summed E-state index contributed by atoms with van der Waals surface area (Å²) >= 11 is 0. The monoisotopic (exact) mass is 472 g/mol. The molecule has 1 saturated heterocycles. The first-order valence-electron chi connectivity index (χ1n) is 11.2. The zero-order chi connectivity index (χ0) is 25.1. The third-order valence-corrected chi connectivity index (χ3v) is 7.47. The number of esters is 1. The van der Waals surface area contributed by atoms with Gasteiger partial charge in [0, 0.05) is 24.4 Å². The number of fused-ring (bicyclic) bond motifs is 1. The van der Waals surface area contributed by atoms with Crippen molar-refractivity contribution in [3.63, 3.8) is 0 Å². The largest absolute Gasteiger partial charge is 0.493 e. The molecule has 0 spiro atoms. The first-order valence-corrected chi connectivity index (χ1v) is 11.2. The molecule has 1 aromatic rings. The molecule has 2 amide bonds. The van der Waals surface area contributed by atoms with Crippen molar-refractivity contribution >= 4 is 24.0 Å². The smallest absolute Gasteiger partial charge is 0.408 e.